The van der Waals surface area contributed by atoms with E-state index in [1.807, 2.05) is 13.8 Å². The molecule has 0 bridgehead atoms. The van der Waals surface area contributed by atoms with Crippen LogP contribution in [-0.4, -0.2) is 41.2 Å². The number of ether oxygens (including phenoxy) is 1. The Bertz CT molecular complexity index is 1050. The molecule has 1 fully saturated rings. The standard InChI is InChI=1S/C21H24N4O2S/c1-5-14-6-8-15(9-7-14)21(27-4)10-25(11-21)20(26)18-17(22)16-12(2)13(3)23-24-19(16)28-18/h6-9H,5,10-11,22H2,1-4H3. The summed E-state index contributed by atoms with van der Waals surface area (Å²) in [6.45, 7) is 7.00. The maximum atomic E-state index is 13.1. The van der Waals surface area contributed by atoms with E-state index in [4.69, 9.17) is 10.5 Å². The smallest absolute Gasteiger partial charge is 0.266 e. The lowest BCUT2D eigenvalue weighted by molar-refractivity contribution is -0.114. The summed E-state index contributed by atoms with van der Waals surface area (Å²) in [6, 6.07) is 8.43. The van der Waals surface area contributed by atoms with Crippen LogP contribution in [0.5, 0.6) is 0 Å². The van der Waals surface area contributed by atoms with Gasteiger partial charge in [0, 0.05) is 12.5 Å². The molecule has 1 amide bonds. The highest BCUT2D eigenvalue weighted by Crippen LogP contribution is 2.40. The van der Waals surface area contributed by atoms with E-state index in [2.05, 4.69) is 41.4 Å². The molecule has 3 aromatic rings. The van der Waals surface area contributed by atoms with Gasteiger partial charge in [0.2, 0.25) is 0 Å². The number of carbonyl (C=O) groups excluding carboxylic acids is 1. The van der Waals surface area contributed by atoms with Crippen LogP contribution in [-0.2, 0) is 16.8 Å². The Labute approximate surface area is 168 Å². The van der Waals surface area contributed by atoms with Crippen molar-refractivity contribution in [2.75, 3.05) is 25.9 Å². The lowest BCUT2D eigenvalue weighted by Gasteiger charge is -2.49. The Morgan fingerprint density at radius 3 is 2.54 bits per heavy atom. The second-order valence-electron chi connectivity index (χ2n) is 7.35. The van der Waals surface area contributed by atoms with Crippen molar-refractivity contribution >= 4 is 33.1 Å². The fourth-order valence-electron chi connectivity index (χ4n) is 3.73. The Morgan fingerprint density at radius 2 is 1.93 bits per heavy atom. The Morgan fingerprint density at radius 1 is 1.25 bits per heavy atom. The SMILES string of the molecule is CCc1ccc(C2(OC)CN(C(=O)c3sc4nnc(C)c(C)c4c3N)C2)cc1. The number of hydrogen-bond acceptors (Lipinski definition) is 6. The Hall–Kier alpha value is -2.51. The monoisotopic (exact) mass is 396 g/mol. The van der Waals surface area contributed by atoms with E-state index in [-0.39, 0.29) is 5.91 Å². The van der Waals surface area contributed by atoms with E-state index in [0.717, 1.165) is 28.6 Å². The Balaban J connectivity index is 1.60. The molecule has 4 rings (SSSR count). The van der Waals surface area contributed by atoms with Crippen molar-refractivity contribution < 1.29 is 9.53 Å². The van der Waals surface area contributed by atoms with Crippen LogP contribution in [0.15, 0.2) is 24.3 Å². The maximum Gasteiger partial charge on any atom is 0.266 e. The molecule has 0 spiro atoms. The lowest BCUT2D eigenvalue weighted by Crippen LogP contribution is -2.62. The van der Waals surface area contributed by atoms with Gasteiger partial charge in [0.1, 0.15) is 15.3 Å². The van der Waals surface area contributed by atoms with Crippen molar-refractivity contribution in [1.82, 2.24) is 15.1 Å². The van der Waals surface area contributed by atoms with Gasteiger partial charge in [0.25, 0.3) is 5.91 Å². The molecule has 28 heavy (non-hydrogen) atoms. The molecule has 6 nitrogen and oxygen atoms in total. The number of thiophene rings is 1. The summed E-state index contributed by atoms with van der Waals surface area (Å²) < 4.78 is 5.83. The molecular formula is C21H24N4O2S. The van der Waals surface area contributed by atoms with Gasteiger partial charge in [0.05, 0.1) is 24.5 Å². The molecule has 0 unspecified atom stereocenters. The number of nitrogen functional groups attached to an aromatic ring is 1. The minimum absolute atomic E-state index is 0.0737. The third kappa shape index (κ3) is 2.77. The first kappa shape index (κ1) is 18.8. The molecule has 0 saturated carbocycles. The summed E-state index contributed by atoms with van der Waals surface area (Å²) in [5, 5.41) is 9.20. The van der Waals surface area contributed by atoms with E-state index in [1.54, 1.807) is 12.0 Å². The summed E-state index contributed by atoms with van der Waals surface area (Å²) in [7, 11) is 1.70. The van der Waals surface area contributed by atoms with Crippen LogP contribution in [0.4, 0.5) is 5.69 Å². The first-order valence-electron chi connectivity index (χ1n) is 9.36. The molecule has 146 valence electrons. The number of amides is 1. The molecule has 3 heterocycles. The van der Waals surface area contributed by atoms with Crippen LogP contribution in [0.1, 0.15) is 39.0 Å². The van der Waals surface area contributed by atoms with E-state index in [9.17, 15) is 4.79 Å². The third-order valence-corrected chi connectivity index (χ3v) is 6.87. The second-order valence-corrected chi connectivity index (χ2v) is 8.34. The van der Waals surface area contributed by atoms with Crippen LogP contribution in [0.2, 0.25) is 0 Å². The van der Waals surface area contributed by atoms with Gasteiger partial charge in [-0.25, -0.2) is 0 Å². The van der Waals surface area contributed by atoms with Gasteiger partial charge in [-0.05, 0) is 37.0 Å². The number of fused-ring (bicyclic) bond motifs is 1. The van der Waals surface area contributed by atoms with Crippen LogP contribution in [0, 0.1) is 13.8 Å². The van der Waals surface area contributed by atoms with Gasteiger partial charge < -0.3 is 15.4 Å². The van der Waals surface area contributed by atoms with Crippen molar-refractivity contribution in [2.45, 2.75) is 32.8 Å². The lowest BCUT2D eigenvalue weighted by atomic mass is 9.85. The normalized spacial score (nSPS) is 15.6. The predicted octanol–water partition coefficient (Wildman–Crippen LogP) is 3.45. The van der Waals surface area contributed by atoms with E-state index < -0.39 is 5.60 Å². The molecule has 0 atom stereocenters. The molecule has 2 N–H and O–H groups in total. The number of nitrogens with zero attached hydrogens (tertiary/aromatic N) is 3. The zero-order valence-corrected chi connectivity index (χ0v) is 17.4. The zero-order valence-electron chi connectivity index (χ0n) is 16.6. The van der Waals surface area contributed by atoms with Gasteiger partial charge in [-0.3, -0.25) is 4.79 Å². The number of methoxy groups -OCH3 is 1. The average molecular weight is 397 g/mol. The summed E-state index contributed by atoms with van der Waals surface area (Å²) in [5.74, 6) is -0.0737. The predicted molar refractivity (Wildman–Crippen MR) is 112 cm³/mol. The number of likely N-dealkylation sites (tertiary alicyclic amines) is 1. The molecule has 1 aromatic carbocycles. The Kier molecular flexibility index (Phi) is 4.59. The number of aryl methyl sites for hydroxylation is 3. The topological polar surface area (TPSA) is 81.3 Å². The molecule has 1 aliphatic heterocycles. The molecule has 7 heteroatoms. The number of hydrogen-bond donors (Lipinski definition) is 1. The minimum atomic E-state index is -0.459. The van der Waals surface area contributed by atoms with E-state index in [1.165, 1.54) is 16.9 Å². The van der Waals surface area contributed by atoms with Crippen LogP contribution < -0.4 is 5.73 Å². The van der Waals surface area contributed by atoms with Crippen molar-refractivity contribution in [3.63, 3.8) is 0 Å². The molecule has 2 aromatic heterocycles. The molecular weight excluding hydrogens is 372 g/mol. The van der Waals surface area contributed by atoms with Gasteiger partial charge in [0.15, 0.2) is 0 Å². The average Bonchev–Trinajstić information content (AvgIpc) is 3.02. The highest BCUT2D eigenvalue weighted by atomic mass is 32.1. The second kappa shape index (κ2) is 6.83. The van der Waals surface area contributed by atoms with E-state index >= 15 is 0 Å². The third-order valence-electron chi connectivity index (χ3n) is 5.79. The summed E-state index contributed by atoms with van der Waals surface area (Å²) in [5.41, 5.74) is 10.6. The first-order valence-corrected chi connectivity index (χ1v) is 10.2. The number of nitrogens with two attached hydrogens (primary N) is 1. The minimum Gasteiger partial charge on any atom is -0.397 e. The van der Waals surface area contributed by atoms with E-state index in [0.29, 0.717) is 28.5 Å². The van der Waals surface area contributed by atoms with Crippen molar-refractivity contribution in [2.24, 2.45) is 0 Å². The highest BCUT2D eigenvalue weighted by molar-refractivity contribution is 7.21. The van der Waals surface area contributed by atoms with Crippen LogP contribution in [0.25, 0.3) is 10.2 Å². The largest absolute Gasteiger partial charge is 0.397 e. The number of rotatable bonds is 4. The van der Waals surface area contributed by atoms with Crippen molar-refractivity contribution in [3.05, 3.63) is 51.5 Å². The van der Waals surface area contributed by atoms with Gasteiger partial charge >= 0.3 is 0 Å². The summed E-state index contributed by atoms with van der Waals surface area (Å²) in [4.78, 5) is 16.1. The van der Waals surface area contributed by atoms with Gasteiger partial charge in [-0.2, -0.15) is 5.10 Å². The first-order chi connectivity index (χ1) is 13.4. The fourth-order valence-corrected chi connectivity index (χ4v) is 4.80. The van der Waals surface area contributed by atoms with Crippen LogP contribution in [0.3, 0.4) is 0 Å². The molecule has 0 radical (unpaired) electrons. The quantitative estimate of drug-likeness (QED) is 0.730. The van der Waals surface area contributed by atoms with Gasteiger partial charge in [-0.1, -0.05) is 31.2 Å². The number of carbonyl (C=O) groups is 1. The van der Waals surface area contributed by atoms with Crippen molar-refractivity contribution in [3.8, 4) is 0 Å². The maximum absolute atomic E-state index is 13.1. The number of aromatic nitrogens is 2. The van der Waals surface area contributed by atoms with Crippen molar-refractivity contribution in [1.29, 1.82) is 0 Å². The fraction of sp³-hybridized carbons (Fsp3) is 0.381. The zero-order chi connectivity index (χ0) is 20.1. The molecule has 1 aliphatic rings. The number of anilines is 1. The number of benzene rings is 1. The van der Waals surface area contributed by atoms with Gasteiger partial charge in [-0.15, -0.1) is 16.4 Å². The molecule has 1 saturated heterocycles. The summed E-state index contributed by atoms with van der Waals surface area (Å²) in [6.07, 6.45) is 0.998. The highest BCUT2D eigenvalue weighted by Gasteiger charge is 2.47. The van der Waals surface area contributed by atoms with Crippen LogP contribution >= 0.6 is 11.3 Å². The summed E-state index contributed by atoms with van der Waals surface area (Å²) >= 11 is 1.31. The molecule has 0 aliphatic carbocycles.